The number of rotatable bonds is 3. The first kappa shape index (κ1) is 12.4. The van der Waals surface area contributed by atoms with Gasteiger partial charge in [0.05, 0.1) is 5.02 Å². The van der Waals surface area contributed by atoms with E-state index in [1.54, 1.807) is 36.5 Å². The topological polar surface area (TPSA) is 30.0 Å². The summed E-state index contributed by atoms with van der Waals surface area (Å²) in [4.78, 5) is 15.8. The average Bonchev–Trinajstić information content (AvgIpc) is 2.32. The van der Waals surface area contributed by atoms with Gasteiger partial charge >= 0.3 is 0 Å². The highest BCUT2D eigenvalue weighted by Crippen LogP contribution is 2.30. The number of halogens is 2. The van der Waals surface area contributed by atoms with Crippen LogP contribution in [0, 0.1) is 0 Å². The Morgan fingerprint density at radius 3 is 2.53 bits per heavy atom. The van der Waals surface area contributed by atoms with Crippen molar-refractivity contribution in [3.63, 3.8) is 0 Å². The van der Waals surface area contributed by atoms with Crippen LogP contribution in [0.4, 0.5) is 0 Å². The van der Waals surface area contributed by atoms with Gasteiger partial charge in [-0.3, -0.25) is 4.79 Å². The molecule has 1 aromatic carbocycles. The van der Waals surface area contributed by atoms with Gasteiger partial charge in [0.2, 0.25) is 0 Å². The molecule has 17 heavy (non-hydrogen) atoms. The van der Waals surface area contributed by atoms with Gasteiger partial charge in [0.15, 0.2) is 6.29 Å². The minimum atomic E-state index is 0.580. The van der Waals surface area contributed by atoms with Crippen LogP contribution in [0.1, 0.15) is 10.4 Å². The zero-order valence-corrected chi connectivity index (χ0v) is 10.9. The molecule has 86 valence electrons. The van der Waals surface area contributed by atoms with Crippen molar-refractivity contribution in [2.45, 2.75) is 9.92 Å². The molecule has 0 aliphatic rings. The summed E-state index contributed by atoms with van der Waals surface area (Å²) in [7, 11) is 0. The summed E-state index contributed by atoms with van der Waals surface area (Å²) in [6.45, 7) is 0. The van der Waals surface area contributed by atoms with E-state index in [4.69, 9.17) is 23.2 Å². The second-order valence-electron chi connectivity index (χ2n) is 3.22. The molecule has 0 saturated heterocycles. The van der Waals surface area contributed by atoms with Gasteiger partial charge in [0.25, 0.3) is 0 Å². The summed E-state index contributed by atoms with van der Waals surface area (Å²) in [5.41, 5.74) is 0.594. The summed E-state index contributed by atoms with van der Waals surface area (Å²) in [5, 5.41) is 1.93. The monoisotopic (exact) mass is 283 g/mol. The molecular weight excluding hydrogens is 277 g/mol. The van der Waals surface area contributed by atoms with Gasteiger partial charge < -0.3 is 0 Å². The van der Waals surface area contributed by atoms with E-state index < -0.39 is 0 Å². The number of hydrogen-bond acceptors (Lipinski definition) is 3. The Morgan fingerprint density at radius 1 is 1.12 bits per heavy atom. The second-order valence-corrected chi connectivity index (χ2v) is 5.15. The lowest BCUT2D eigenvalue weighted by molar-refractivity contribution is 0.112. The largest absolute Gasteiger partial charge is 0.298 e. The van der Waals surface area contributed by atoms with E-state index >= 15 is 0 Å². The molecule has 0 aliphatic carbocycles. The van der Waals surface area contributed by atoms with Crippen molar-refractivity contribution in [1.29, 1.82) is 0 Å². The highest BCUT2D eigenvalue weighted by Gasteiger charge is 2.05. The molecular formula is C12H7Cl2NOS. The third kappa shape index (κ3) is 3.22. The van der Waals surface area contributed by atoms with E-state index in [2.05, 4.69) is 4.98 Å². The van der Waals surface area contributed by atoms with Crippen molar-refractivity contribution in [2.24, 2.45) is 0 Å². The number of hydrogen-bond donors (Lipinski definition) is 0. The molecule has 0 fully saturated rings. The van der Waals surface area contributed by atoms with Crippen LogP contribution in [0.2, 0.25) is 10.0 Å². The van der Waals surface area contributed by atoms with Gasteiger partial charge in [0, 0.05) is 21.7 Å². The Labute approximate surface area is 113 Å². The SMILES string of the molecule is O=Cc1ccc(Cl)cc1Sc1ccc(Cl)cn1. The second kappa shape index (κ2) is 5.54. The summed E-state index contributed by atoms with van der Waals surface area (Å²) < 4.78 is 0. The van der Waals surface area contributed by atoms with E-state index in [9.17, 15) is 4.79 Å². The molecule has 5 heteroatoms. The Bertz CT molecular complexity index is 543. The summed E-state index contributed by atoms with van der Waals surface area (Å²) in [6, 6.07) is 8.66. The smallest absolute Gasteiger partial charge is 0.151 e. The number of aldehydes is 1. The Balaban J connectivity index is 2.31. The lowest BCUT2D eigenvalue weighted by atomic mass is 10.2. The lowest BCUT2D eigenvalue weighted by Crippen LogP contribution is -1.86. The third-order valence-corrected chi connectivity index (χ3v) is 3.50. The molecule has 0 atom stereocenters. The molecule has 0 spiro atoms. The Kier molecular flexibility index (Phi) is 4.05. The maximum atomic E-state index is 10.9. The van der Waals surface area contributed by atoms with Crippen molar-refractivity contribution >= 4 is 41.2 Å². The summed E-state index contributed by atoms with van der Waals surface area (Å²) in [6.07, 6.45) is 2.36. The fourth-order valence-electron chi connectivity index (χ4n) is 1.23. The van der Waals surface area contributed by atoms with Gasteiger partial charge in [-0.15, -0.1) is 0 Å². The van der Waals surface area contributed by atoms with Crippen LogP contribution in [0.5, 0.6) is 0 Å². The van der Waals surface area contributed by atoms with Crippen molar-refractivity contribution in [1.82, 2.24) is 4.98 Å². The molecule has 0 N–H and O–H groups in total. The molecule has 1 heterocycles. The third-order valence-electron chi connectivity index (χ3n) is 2.02. The minimum Gasteiger partial charge on any atom is -0.298 e. The van der Waals surface area contributed by atoms with Gasteiger partial charge in [0.1, 0.15) is 5.03 Å². The predicted molar refractivity (Wildman–Crippen MR) is 70.2 cm³/mol. The van der Waals surface area contributed by atoms with E-state index in [0.29, 0.717) is 15.6 Å². The zero-order valence-electron chi connectivity index (χ0n) is 8.56. The molecule has 0 bridgehead atoms. The van der Waals surface area contributed by atoms with Crippen LogP contribution in [0.15, 0.2) is 46.5 Å². The van der Waals surface area contributed by atoms with Crippen LogP contribution in [-0.2, 0) is 0 Å². The first-order chi connectivity index (χ1) is 8.19. The number of pyridine rings is 1. The maximum absolute atomic E-state index is 10.9. The first-order valence-corrected chi connectivity index (χ1v) is 6.30. The van der Waals surface area contributed by atoms with Gasteiger partial charge in [-0.25, -0.2) is 4.98 Å². The van der Waals surface area contributed by atoms with E-state index in [-0.39, 0.29) is 0 Å². The zero-order chi connectivity index (χ0) is 12.3. The molecule has 2 rings (SSSR count). The molecule has 2 nitrogen and oxygen atoms in total. The van der Waals surface area contributed by atoms with Crippen LogP contribution in [0.25, 0.3) is 0 Å². The number of benzene rings is 1. The van der Waals surface area contributed by atoms with Gasteiger partial charge in [-0.1, -0.05) is 35.0 Å². The van der Waals surface area contributed by atoms with E-state index in [1.165, 1.54) is 11.8 Å². The maximum Gasteiger partial charge on any atom is 0.151 e. The fraction of sp³-hybridized carbons (Fsp3) is 0. The van der Waals surface area contributed by atoms with Crippen molar-refractivity contribution < 1.29 is 4.79 Å². The van der Waals surface area contributed by atoms with Crippen LogP contribution in [0.3, 0.4) is 0 Å². The predicted octanol–water partition coefficient (Wildman–Crippen LogP) is 4.35. The quantitative estimate of drug-likeness (QED) is 0.785. The minimum absolute atomic E-state index is 0.580. The Hall–Kier alpha value is -1.03. The van der Waals surface area contributed by atoms with Gasteiger partial charge in [-0.2, -0.15) is 0 Å². The Morgan fingerprint density at radius 2 is 1.88 bits per heavy atom. The van der Waals surface area contributed by atoms with Crippen LogP contribution >= 0.6 is 35.0 Å². The summed E-state index contributed by atoms with van der Waals surface area (Å²) in [5.74, 6) is 0. The lowest BCUT2D eigenvalue weighted by Gasteiger charge is -2.04. The first-order valence-electron chi connectivity index (χ1n) is 4.73. The molecule has 0 radical (unpaired) electrons. The van der Waals surface area contributed by atoms with Crippen LogP contribution in [-0.4, -0.2) is 11.3 Å². The summed E-state index contributed by atoms with van der Waals surface area (Å²) >= 11 is 13.0. The molecule has 2 aromatic rings. The number of nitrogens with zero attached hydrogens (tertiary/aromatic N) is 1. The highest BCUT2D eigenvalue weighted by molar-refractivity contribution is 7.99. The van der Waals surface area contributed by atoms with Crippen molar-refractivity contribution in [3.05, 3.63) is 52.1 Å². The van der Waals surface area contributed by atoms with E-state index in [0.717, 1.165) is 16.2 Å². The molecule has 1 aromatic heterocycles. The molecule has 0 saturated carbocycles. The number of aromatic nitrogens is 1. The highest BCUT2D eigenvalue weighted by atomic mass is 35.5. The van der Waals surface area contributed by atoms with Crippen LogP contribution < -0.4 is 0 Å². The number of carbonyl (C=O) groups is 1. The standard InChI is InChI=1S/C12H7Cl2NOS/c13-9-2-1-8(7-16)11(5-9)17-12-4-3-10(14)6-15-12/h1-7H. The van der Waals surface area contributed by atoms with E-state index in [1.807, 2.05) is 0 Å². The van der Waals surface area contributed by atoms with Crippen molar-refractivity contribution in [3.8, 4) is 0 Å². The normalized spacial score (nSPS) is 10.2. The van der Waals surface area contributed by atoms with Gasteiger partial charge in [-0.05, 0) is 30.3 Å². The average molecular weight is 284 g/mol. The fourth-order valence-corrected chi connectivity index (χ4v) is 2.46. The van der Waals surface area contributed by atoms with Crippen molar-refractivity contribution in [2.75, 3.05) is 0 Å². The molecule has 0 unspecified atom stereocenters. The number of carbonyl (C=O) groups excluding carboxylic acids is 1. The molecule has 0 aliphatic heterocycles. The molecule has 0 amide bonds.